The number of benzene rings is 2. The van der Waals surface area contributed by atoms with Crippen LogP contribution in [0.4, 0.5) is 5.69 Å². The minimum atomic E-state index is -0.563. The zero-order valence-electron chi connectivity index (χ0n) is 20.4. The third-order valence-corrected chi connectivity index (χ3v) is 6.69. The van der Waals surface area contributed by atoms with E-state index in [1.54, 1.807) is 12.2 Å². The van der Waals surface area contributed by atoms with Crippen LogP contribution < -0.4 is 10.6 Å². The number of aromatic hydroxyl groups is 1. The molecular weight excluding hydrogens is 476 g/mol. The number of carbonyl (C=O) groups excluding carboxylic acids is 1. The quantitative estimate of drug-likeness (QED) is 0.307. The van der Waals surface area contributed by atoms with E-state index in [0.717, 1.165) is 43.9 Å². The second kappa shape index (κ2) is 11.8. The van der Waals surface area contributed by atoms with E-state index in [-0.39, 0.29) is 22.0 Å². The van der Waals surface area contributed by atoms with Gasteiger partial charge in [0.25, 0.3) is 0 Å². The van der Waals surface area contributed by atoms with Crippen LogP contribution in [0.5, 0.6) is 5.75 Å². The van der Waals surface area contributed by atoms with Crippen molar-refractivity contribution in [2.24, 2.45) is 5.73 Å². The first-order valence-electron chi connectivity index (χ1n) is 11.5. The largest absolute Gasteiger partial charge is 0.506 e. The predicted octanol–water partition coefficient (Wildman–Crippen LogP) is 4.10. The molecule has 0 unspecified atom stereocenters. The molecule has 0 saturated carbocycles. The number of phenols is 1. The van der Waals surface area contributed by atoms with E-state index < -0.39 is 5.91 Å². The molecule has 4 rings (SSSR count). The fourth-order valence-electron chi connectivity index (χ4n) is 4.08. The monoisotopic (exact) mass is 506 g/mol. The predicted molar refractivity (Wildman–Crippen MR) is 147 cm³/mol. The van der Waals surface area contributed by atoms with Gasteiger partial charge in [0.1, 0.15) is 5.75 Å². The molecule has 36 heavy (non-hydrogen) atoms. The second-order valence-corrected chi connectivity index (χ2v) is 9.15. The molecule has 1 heterocycles. The van der Waals surface area contributed by atoms with Gasteiger partial charge in [0, 0.05) is 50.2 Å². The highest BCUT2D eigenvalue weighted by Crippen LogP contribution is 2.26. The van der Waals surface area contributed by atoms with Crippen LogP contribution in [-0.2, 0) is 0 Å². The number of nitrogens with one attached hydrogen (secondary N) is 3. The average Bonchev–Trinajstić information content (AvgIpc) is 2.86. The Morgan fingerprint density at radius 2 is 1.75 bits per heavy atom. The van der Waals surface area contributed by atoms with Crippen molar-refractivity contribution in [2.75, 3.05) is 37.6 Å². The molecule has 9 heteroatoms. The molecule has 2 aliphatic rings. The fraction of sp³-hybridized carbons (Fsp3) is 0.259. The number of anilines is 1. The van der Waals surface area contributed by atoms with Gasteiger partial charge in [0.15, 0.2) is 0 Å². The van der Waals surface area contributed by atoms with Crippen molar-refractivity contribution >= 4 is 40.8 Å². The van der Waals surface area contributed by atoms with Crippen LogP contribution in [0.3, 0.4) is 0 Å². The summed E-state index contributed by atoms with van der Waals surface area (Å²) in [6, 6.07) is 8.22. The smallest absolute Gasteiger partial charge is 0.248 e. The third-order valence-electron chi connectivity index (χ3n) is 6.39. The number of hydrogen-bond donors (Lipinski definition) is 5. The normalized spacial score (nSPS) is 15.8. The molecule has 0 spiro atoms. The zero-order valence-corrected chi connectivity index (χ0v) is 21.2. The summed E-state index contributed by atoms with van der Waals surface area (Å²) in [5.74, 6) is -0.622. The first-order valence-corrected chi connectivity index (χ1v) is 11.9. The number of hydrogen-bond acceptors (Lipinski definition) is 7. The Morgan fingerprint density at radius 3 is 2.33 bits per heavy atom. The number of phenolic OH excluding ortho intramolecular Hbond substituents is 1. The van der Waals surface area contributed by atoms with E-state index in [1.165, 1.54) is 41.2 Å². The van der Waals surface area contributed by atoms with Gasteiger partial charge in [-0.2, -0.15) is 0 Å². The van der Waals surface area contributed by atoms with Gasteiger partial charge in [0.2, 0.25) is 5.91 Å². The Kier molecular flexibility index (Phi) is 8.79. The number of primary amides is 1. The van der Waals surface area contributed by atoms with E-state index in [2.05, 4.69) is 29.7 Å². The number of amides is 1. The number of piperazine rings is 1. The van der Waals surface area contributed by atoms with Crippen LogP contribution in [0.2, 0.25) is 5.02 Å². The van der Waals surface area contributed by atoms with Crippen molar-refractivity contribution < 1.29 is 9.90 Å². The molecule has 1 fully saturated rings. The highest BCUT2D eigenvalue weighted by Gasteiger charge is 2.20. The van der Waals surface area contributed by atoms with Crippen molar-refractivity contribution in [3.8, 4) is 5.75 Å². The van der Waals surface area contributed by atoms with E-state index in [4.69, 9.17) is 38.7 Å². The topological polar surface area (TPSA) is 141 Å². The lowest BCUT2D eigenvalue weighted by atomic mass is 10.0. The number of rotatable bonds is 5. The van der Waals surface area contributed by atoms with Crippen LogP contribution in [0, 0.1) is 30.1 Å². The molecule has 8 nitrogen and oxygen atoms in total. The van der Waals surface area contributed by atoms with Crippen LogP contribution >= 0.6 is 11.6 Å². The summed E-state index contributed by atoms with van der Waals surface area (Å²) in [4.78, 5) is 15.4. The lowest BCUT2D eigenvalue weighted by Gasteiger charge is -2.37. The van der Waals surface area contributed by atoms with Crippen LogP contribution in [0.1, 0.15) is 27.0 Å². The van der Waals surface area contributed by atoms with E-state index in [0.29, 0.717) is 5.71 Å². The third kappa shape index (κ3) is 6.47. The summed E-state index contributed by atoms with van der Waals surface area (Å²) in [6.45, 7) is 9.00. The Bertz CT molecular complexity index is 1260. The van der Waals surface area contributed by atoms with Crippen molar-refractivity contribution in [2.45, 2.75) is 13.8 Å². The molecule has 188 valence electrons. The fourth-order valence-corrected chi connectivity index (χ4v) is 4.26. The Balaban J connectivity index is 0.000000275. The molecule has 2 aromatic carbocycles. The molecule has 0 bridgehead atoms. The summed E-state index contributed by atoms with van der Waals surface area (Å²) in [5.41, 5.74) is 11.6. The van der Waals surface area contributed by atoms with Crippen molar-refractivity contribution in [1.29, 1.82) is 16.2 Å². The lowest BCUT2D eigenvalue weighted by Crippen LogP contribution is -2.47. The summed E-state index contributed by atoms with van der Waals surface area (Å²) in [5, 5.41) is 31.9. The second-order valence-electron chi connectivity index (χ2n) is 8.74. The zero-order chi connectivity index (χ0) is 26.4. The minimum Gasteiger partial charge on any atom is -0.506 e. The van der Waals surface area contributed by atoms with Gasteiger partial charge in [-0.05, 0) is 72.5 Å². The maximum Gasteiger partial charge on any atom is 0.248 e. The maximum absolute atomic E-state index is 10.5. The van der Waals surface area contributed by atoms with Gasteiger partial charge in [-0.1, -0.05) is 23.7 Å². The summed E-state index contributed by atoms with van der Waals surface area (Å²) in [6.07, 6.45) is 6.90. The van der Waals surface area contributed by atoms with Gasteiger partial charge in [-0.15, -0.1) is 0 Å². The molecule has 0 atom stereocenters. The number of allylic oxidation sites excluding steroid dienone is 2. The first-order chi connectivity index (χ1) is 17.1. The number of nitrogens with two attached hydrogens (primary N) is 1. The van der Waals surface area contributed by atoms with Gasteiger partial charge in [0.05, 0.1) is 16.4 Å². The standard InChI is InChI=1S/C20H25N5.C7H6ClNO2/c1-14-15(2)20(6-4-17(14)12-21)25-9-7-24(8-10-25)13-16-3-5-18(22)19(23)11-16;8-5-3-4(7(9)11)1-2-6(5)10/h3-6,11-12,21-23H,7-10,13H2,1-2H3;1-3,10H,(H2,9,11). The highest BCUT2D eigenvalue weighted by molar-refractivity contribution is 6.49. The highest BCUT2D eigenvalue weighted by atomic mass is 35.5. The van der Waals surface area contributed by atoms with Crippen molar-refractivity contribution in [1.82, 2.24) is 4.90 Å². The van der Waals surface area contributed by atoms with Crippen molar-refractivity contribution in [3.63, 3.8) is 0 Å². The SMILES string of the molecule is Cc1c(C=N)ccc(N2CCN(CC3=CC(=N)C(=N)C=C3)CC2)c1C.NC(=O)c1ccc(O)c(Cl)c1. The Labute approximate surface area is 216 Å². The lowest BCUT2D eigenvalue weighted by molar-refractivity contribution is 0.100. The van der Waals surface area contributed by atoms with E-state index >= 15 is 0 Å². The Hall–Kier alpha value is -3.75. The van der Waals surface area contributed by atoms with E-state index in [1.807, 2.05) is 12.1 Å². The van der Waals surface area contributed by atoms with Gasteiger partial charge >= 0.3 is 0 Å². The molecule has 0 radical (unpaired) electrons. The maximum atomic E-state index is 10.5. The summed E-state index contributed by atoms with van der Waals surface area (Å²) in [7, 11) is 0. The number of carbonyl (C=O) groups is 1. The summed E-state index contributed by atoms with van der Waals surface area (Å²) >= 11 is 5.50. The number of nitrogens with zero attached hydrogens (tertiary/aromatic N) is 2. The molecular formula is C27H31ClN6O2. The van der Waals surface area contributed by atoms with E-state index in [9.17, 15) is 4.79 Å². The van der Waals surface area contributed by atoms with Gasteiger partial charge < -0.3 is 21.1 Å². The number of halogens is 1. The van der Waals surface area contributed by atoms with Crippen LogP contribution in [-0.4, -0.2) is 66.3 Å². The van der Waals surface area contributed by atoms with Gasteiger partial charge in [-0.25, -0.2) is 0 Å². The molecule has 0 aromatic heterocycles. The van der Waals surface area contributed by atoms with Crippen molar-refractivity contribution in [3.05, 3.63) is 81.4 Å². The molecule has 1 saturated heterocycles. The molecule has 1 aliphatic heterocycles. The van der Waals surface area contributed by atoms with Gasteiger partial charge in [-0.3, -0.25) is 20.5 Å². The Morgan fingerprint density at radius 1 is 1.06 bits per heavy atom. The minimum absolute atomic E-state index is 0.0586. The first kappa shape index (κ1) is 26.8. The summed E-state index contributed by atoms with van der Waals surface area (Å²) < 4.78 is 0. The van der Waals surface area contributed by atoms with Crippen LogP contribution in [0.25, 0.3) is 0 Å². The molecule has 2 aromatic rings. The van der Waals surface area contributed by atoms with Crippen LogP contribution in [0.15, 0.2) is 54.1 Å². The average molecular weight is 507 g/mol. The molecule has 6 N–H and O–H groups in total. The molecule has 1 amide bonds. The molecule has 1 aliphatic carbocycles.